The molecule has 0 radical (unpaired) electrons. The van der Waals surface area contributed by atoms with Crippen LogP contribution in [-0.4, -0.2) is 35.0 Å². The Bertz CT molecular complexity index is 1020. The zero-order valence-corrected chi connectivity index (χ0v) is 17.9. The van der Waals surface area contributed by atoms with Crippen molar-refractivity contribution in [2.24, 2.45) is 0 Å². The van der Waals surface area contributed by atoms with Crippen LogP contribution in [0.25, 0.3) is 0 Å². The summed E-state index contributed by atoms with van der Waals surface area (Å²) in [4.78, 5) is 27.1. The molecule has 5 heteroatoms. The van der Waals surface area contributed by atoms with Gasteiger partial charge in [0.05, 0.1) is 17.2 Å². The quantitative estimate of drug-likeness (QED) is 0.735. The summed E-state index contributed by atoms with van der Waals surface area (Å²) in [5.41, 5.74) is 4.54. The van der Waals surface area contributed by atoms with Gasteiger partial charge in [0.25, 0.3) is 5.91 Å². The van der Waals surface area contributed by atoms with Gasteiger partial charge in [-0.1, -0.05) is 31.5 Å². The van der Waals surface area contributed by atoms with Crippen LogP contribution in [0.5, 0.6) is 0 Å². The molecule has 2 aromatic rings. The Labute approximate surface area is 183 Å². The van der Waals surface area contributed by atoms with Crippen LogP contribution in [0, 0.1) is 11.3 Å². The molecular formula is C26H28N2O3. The van der Waals surface area contributed by atoms with Gasteiger partial charge >= 0.3 is 5.97 Å². The first-order chi connectivity index (χ1) is 15.0. The number of aryl methyl sites for hydroxylation is 1. The molecule has 2 aliphatic rings. The molecule has 0 atom stereocenters. The lowest BCUT2D eigenvalue weighted by Crippen LogP contribution is -2.38. The molecular weight excluding hydrogens is 388 g/mol. The summed E-state index contributed by atoms with van der Waals surface area (Å²) in [7, 11) is 0. The molecule has 0 spiro atoms. The number of likely N-dealkylation sites (tertiary alicyclic amines) is 1. The van der Waals surface area contributed by atoms with Crippen molar-refractivity contribution in [1.82, 2.24) is 4.90 Å². The molecule has 5 nitrogen and oxygen atoms in total. The van der Waals surface area contributed by atoms with Gasteiger partial charge in [-0.3, -0.25) is 4.79 Å². The summed E-state index contributed by atoms with van der Waals surface area (Å²) in [5.74, 6) is -0.322. The Hall–Kier alpha value is -3.13. The van der Waals surface area contributed by atoms with Gasteiger partial charge in [-0.05, 0) is 78.8 Å². The molecule has 1 heterocycles. The number of nitrogens with zero attached hydrogens (tertiary/aromatic N) is 2. The Kier molecular flexibility index (Phi) is 6.08. The molecule has 160 valence electrons. The monoisotopic (exact) mass is 416 g/mol. The molecule has 1 amide bonds. The molecule has 2 fully saturated rings. The number of carboxylic acids is 1. The van der Waals surface area contributed by atoms with Crippen LogP contribution >= 0.6 is 0 Å². The van der Waals surface area contributed by atoms with Crippen molar-refractivity contribution >= 4 is 11.9 Å². The third kappa shape index (κ3) is 4.20. The lowest BCUT2D eigenvalue weighted by molar-refractivity contribution is 0.0694. The van der Waals surface area contributed by atoms with Crippen LogP contribution in [0.3, 0.4) is 0 Å². The van der Waals surface area contributed by atoms with Gasteiger partial charge in [0.15, 0.2) is 0 Å². The highest BCUT2D eigenvalue weighted by atomic mass is 16.4. The second kappa shape index (κ2) is 8.93. The third-order valence-electron chi connectivity index (χ3n) is 6.96. The van der Waals surface area contributed by atoms with Crippen molar-refractivity contribution < 1.29 is 14.7 Å². The normalized spacial score (nSPS) is 17.1. The van der Waals surface area contributed by atoms with Crippen LogP contribution in [0.1, 0.15) is 93.8 Å². The molecule has 1 N–H and O–H groups in total. The summed E-state index contributed by atoms with van der Waals surface area (Å²) in [6.07, 6.45) is 5.64. The lowest BCUT2D eigenvalue weighted by atomic mass is 9.77. The number of hydrogen-bond donors (Lipinski definition) is 1. The van der Waals surface area contributed by atoms with Crippen LogP contribution in [0.15, 0.2) is 36.4 Å². The first-order valence-electron chi connectivity index (χ1n) is 11.2. The van der Waals surface area contributed by atoms with Crippen LogP contribution in [-0.2, 0) is 6.42 Å². The van der Waals surface area contributed by atoms with E-state index in [0.29, 0.717) is 42.5 Å². The molecule has 0 unspecified atom stereocenters. The highest BCUT2D eigenvalue weighted by Crippen LogP contribution is 2.39. The van der Waals surface area contributed by atoms with Crippen molar-refractivity contribution in [3.05, 3.63) is 69.8 Å². The van der Waals surface area contributed by atoms with E-state index in [9.17, 15) is 14.7 Å². The van der Waals surface area contributed by atoms with E-state index in [-0.39, 0.29) is 11.5 Å². The molecule has 31 heavy (non-hydrogen) atoms. The van der Waals surface area contributed by atoms with Gasteiger partial charge in [-0.25, -0.2) is 4.79 Å². The zero-order valence-electron chi connectivity index (χ0n) is 17.9. The number of carbonyl (C=O) groups excluding carboxylic acids is 1. The summed E-state index contributed by atoms with van der Waals surface area (Å²) in [6, 6.07) is 13.5. The largest absolute Gasteiger partial charge is 0.478 e. The maximum Gasteiger partial charge on any atom is 0.335 e. The molecule has 1 aliphatic heterocycles. The first kappa shape index (κ1) is 21.1. The Morgan fingerprint density at radius 3 is 2.23 bits per heavy atom. The van der Waals surface area contributed by atoms with E-state index in [4.69, 9.17) is 5.26 Å². The number of benzene rings is 2. The van der Waals surface area contributed by atoms with Crippen LogP contribution in [0.2, 0.25) is 0 Å². The minimum absolute atomic E-state index is 0.0576. The van der Waals surface area contributed by atoms with Crippen molar-refractivity contribution in [2.45, 2.75) is 57.3 Å². The Morgan fingerprint density at radius 1 is 1.03 bits per heavy atom. The fourth-order valence-electron chi connectivity index (χ4n) is 4.81. The molecule has 1 aliphatic carbocycles. The SMILES string of the molecule is CCc1cc(C2CCC2)c(C(=O)O)cc1C(=O)N1CCC(c2ccc(C#N)cc2)CC1. The smallest absolute Gasteiger partial charge is 0.335 e. The van der Waals surface area contributed by atoms with E-state index in [1.54, 1.807) is 6.07 Å². The van der Waals surface area contributed by atoms with E-state index >= 15 is 0 Å². The minimum Gasteiger partial charge on any atom is -0.478 e. The van der Waals surface area contributed by atoms with Crippen molar-refractivity contribution in [3.63, 3.8) is 0 Å². The average molecular weight is 417 g/mol. The van der Waals surface area contributed by atoms with Gasteiger partial charge in [0, 0.05) is 18.7 Å². The maximum absolute atomic E-state index is 13.3. The fraction of sp³-hybridized carbons (Fsp3) is 0.423. The number of piperidine rings is 1. The number of rotatable bonds is 5. The fourth-order valence-corrected chi connectivity index (χ4v) is 4.81. The standard InChI is InChI=1S/C26H28N2O3/c1-2-18-14-22(21-4-3-5-21)24(26(30)31)15-23(18)25(29)28-12-10-20(11-13-28)19-8-6-17(16-27)7-9-19/h6-9,14-15,20-21H,2-5,10-13H2,1H3,(H,30,31). The van der Waals surface area contributed by atoms with Crippen molar-refractivity contribution in [3.8, 4) is 6.07 Å². The van der Waals surface area contributed by atoms with E-state index in [1.165, 1.54) is 5.56 Å². The third-order valence-corrected chi connectivity index (χ3v) is 6.96. The van der Waals surface area contributed by atoms with Crippen LogP contribution < -0.4 is 0 Å². The molecule has 1 saturated heterocycles. The predicted molar refractivity (Wildman–Crippen MR) is 118 cm³/mol. The van der Waals surface area contributed by atoms with Crippen LogP contribution in [0.4, 0.5) is 0 Å². The number of aromatic carboxylic acids is 1. The van der Waals surface area contributed by atoms with Gasteiger partial charge < -0.3 is 10.0 Å². The summed E-state index contributed by atoms with van der Waals surface area (Å²) in [6.45, 7) is 3.33. The molecule has 0 aromatic heterocycles. The van der Waals surface area contributed by atoms with E-state index < -0.39 is 5.97 Å². The van der Waals surface area contributed by atoms with E-state index in [2.05, 4.69) is 6.07 Å². The topological polar surface area (TPSA) is 81.4 Å². The Balaban J connectivity index is 1.52. The van der Waals surface area contributed by atoms with E-state index in [1.807, 2.05) is 42.2 Å². The number of carboxylic acid groups (broad SMARTS) is 1. The molecule has 0 bridgehead atoms. The predicted octanol–water partition coefficient (Wildman–Crippen LogP) is 5.11. The van der Waals surface area contributed by atoms with Crippen molar-refractivity contribution in [1.29, 1.82) is 5.26 Å². The van der Waals surface area contributed by atoms with Gasteiger partial charge in [0.2, 0.25) is 0 Å². The second-order valence-electron chi connectivity index (χ2n) is 8.68. The molecule has 1 saturated carbocycles. The maximum atomic E-state index is 13.3. The zero-order chi connectivity index (χ0) is 22.0. The molecule has 2 aromatic carbocycles. The average Bonchev–Trinajstić information content (AvgIpc) is 2.77. The van der Waals surface area contributed by atoms with Crippen molar-refractivity contribution in [2.75, 3.05) is 13.1 Å². The number of hydrogen-bond acceptors (Lipinski definition) is 3. The number of carbonyl (C=O) groups is 2. The van der Waals surface area contributed by atoms with E-state index in [0.717, 1.165) is 43.2 Å². The highest BCUT2D eigenvalue weighted by molar-refractivity contribution is 5.99. The van der Waals surface area contributed by atoms with Gasteiger partial charge in [-0.2, -0.15) is 5.26 Å². The first-order valence-corrected chi connectivity index (χ1v) is 11.2. The summed E-state index contributed by atoms with van der Waals surface area (Å²) >= 11 is 0. The summed E-state index contributed by atoms with van der Waals surface area (Å²) < 4.78 is 0. The number of amides is 1. The molecule has 4 rings (SSSR count). The second-order valence-corrected chi connectivity index (χ2v) is 8.68. The number of nitriles is 1. The lowest BCUT2D eigenvalue weighted by Gasteiger charge is -2.33. The Morgan fingerprint density at radius 2 is 1.71 bits per heavy atom. The summed E-state index contributed by atoms with van der Waals surface area (Å²) in [5, 5.41) is 18.7. The van der Waals surface area contributed by atoms with Gasteiger partial charge in [0.1, 0.15) is 0 Å². The minimum atomic E-state index is -0.946. The van der Waals surface area contributed by atoms with Gasteiger partial charge in [-0.15, -0.1) is 0 Å². The highest BCUT2D eigenvalue weighted by Gasteiger charge is 2.30.